The van der Waals surface area contributed by atoms with Gasteiger partial charge in [0.1, 0.15) is 4.90 Å². The molecule has 0 amide bonds. The molecule has 14 heavy (non-hydrogen) atoms. The Labute approximate surface area is 79.7 Å². The summed E-state index contributed by atoms with van der Waals surface area (Å²) in [5, 5.41) is 8.62. The van der Waals surface area contributed by atoms with Crippen LogP contribution in [0.2, 0.25) is 0 Å². The summed E-state index contributed by atoms with van der Waals surface area (Å²) in [6.07, 6.45) is 0. The zero-order valence-electron chi connectivity index (χ0n) is 6.84. The molecule has 4 N–H and O–H groups in total. The molecule has 0 bridgehead atoms. The zero-order chi connectivity index (χ0) is 10.9. The third-order valence-electron chi connectivity index (χ3n) is 1.51. The minimum Gasteiger partial charge on any atom is -0.478 e. The Balaban J connectivity index is 3.53. The maximum absolute atomic E-state index is 10.7. The molecule has 0 radical (unpaired) electrons. The monoisotopic (exact) mass is 217 g/mol. The van der Waals surface area contributed by atoms with E-state index in [4.69, 9.17) is 15.4 Å². The van der Waals surface area contributed by atoms with E-state index in [-0.39, 0.29) is 5.69 Å². The Morgan fingerprint density at radius 3 is 2.36 bits per heavy atom. The molecule has 7 heteroatoms. The van der Waals surface area contributed by atoms with Gasteiger partial charge < -0.3 is 10.8 Å². The van der Waals surface area contributed by atoms with Crippen molar-refractivity contribution in [3.63, 3.8) is 0 Å². The van der Waals surface area contributed by atoms with Gasteiger partial charge in [-0.15, -0.1) is 0 Å². The Morgan fingerprint density at radius 1 is 1.36 bits per heavy atom. The van der Waals surface area contributed by atoms with Crippen molar-refractivity contribution in [3.05, 3.63) is 23.8 Å². The molecule has 0 saturated heterocycles. The maximum atomic E-state index is 10.7. The van der Waals surface area contributed by atoms with Gasteiger partial charge in [0.05, 0.1) is 5.56 Å². The van der Waals surface area contributed by atoms with Crippen LogP contribution in [0, 0.1) is 0 Å². The van der Waals surface area contributed by atoms with Gasteiger partial charge in [0.25, 0.3) is 10.1 Å². The topological polar surface area (TPSA) is 118 Å². The lowest BCUT2D eigenvalue weighted by Gasteiger charge is -2.03. The summed E-state index contributed by atoms with van der Waals surface area (Å²) in [5.41, 5.74) is 4.83. The first-order chi connectivity index (χ1) is 6.32. The number of carboxylic acid groups (broad SMARTS) is 1. The van der Waals surface area contributed by atoms with Crippen molar-refractivity contribution in [2.75, 3.05) is 5.73 Å². The molecule has 1 aromatic rings. The number of rotatable bonds is 2. The molecule has 0 aromatic heterocycles. The average molecular weight is 217 g/mol. The number of hydrogen-bond acceptors (Lipinski definition) is 4. The first-order valence-electron chi connectivity index (χ1n) is 3.42. The Morgan fingerprint density at radius 2 is 1.93 bits per heavy atom. The summed E-state index contributed by atoms with van der Waals surface area (Å²) in [5.74, 6) is -1.47. The standard InChI is InChI=1S/C7H7NO5S/c8-4-1-2-6(14(11,12)13)5(3-4)7(9)10/h1-3H,8H2,(H,9,10)(H,11,12,13). The van der Waals surface area contributed by atoms with Crippen molar-refractivity contribution >= 4 is 21.8 Å². The average Bonchev–Trinajstić information content (AvgIpc) is 2.01. The van der Waals surface area contributed by atoms with E-state index in [1.807, 2.05) is 0 Å². The molecule has 0 aliphatic heterocycles. The highest BCUT2D eigenvalue weighted by Crippen LogP contribution is 2.18. The Hall–Kier alpha value is -1.60. The molecule has 0 fully saturated rings. The van der Waals surface area contributed by atoms with Gasteiger partial charge >= 0.3 is 5.97 Å². The second-order valence-electron chi connectivity index (χ2n) is 2.54. The molecular weight excluding hydrogens is 210 g/mol. The molecule has 1 rings (SSSR count). The molecule has 0 unspecified atom stereocenters. The van der Waals surface area contributed by atoms with Gasteiger partial charge in [0.2, 0.25) is 0 Å². The summed E-state index contributed by atoms with van der Waals surface area (Å²) in [6.45, 7) is 0. The van der Waals surface area contributed by atoms with Gasteiger partial charge in [0.15, 0.2) is 0 Å². The van der Waals surface area contributed by atoms with E-state index in [1.54, 1.807) is 0 Å². The summed E-state index contributed by atoms with van der Waals surface area (Å²) in [6, 6.07) is 3.09. The third-order valence-corrected chi connectivity index (χ3v) is 2.42. The lowest BCUT2D eigenvalue weighted by Crippen LogP contribution is -2.08. The van der Waals surface area contributed by atoms with Crippen molar-refractivity contribution in [2.45, 2.75) is 4.90 Å². The summed E-state index contributed by atoms with van der Waals surface area (Å²) in [4.78, 5) is 9.92. The van der Waals surface area contributed by atoms with Crippen LogP contribution in [0.5, 0.6) is 0 Å². The fourth-order valence-electron chi connectivity index (χ4n) is 0.940. The van der Waals surface area contributed by atoms with Crippen LogP contribution in [0.1, 0.15) is 10.4 Å². The highest BCUT2D eigenvalue weighted by Gasteiger charge is 2.19. The molecule has 0 aliphatic carbocycles. The fraction of sp³-hybridized carbons (Fsp3) is 0. The summed E-state index contributed by atoms with van der Waals surface area (Å²) in [7, 11) is -4.53. The first-order valence-corrected chi connectivity index (χ1v) is 4.86. The van der Waals surface area contributed by atoms with E-state index in [9.17, 15) is 13.2 Å². The van der Waals surface area contributed by atoms with Gasteiger partial charge in [-0.1, -0.05) is 0 Å². The van der Waals surface area contributed by atoms with Gasteiger partial charge in [-0.05, 0) is 18.2 Å². The number of benzene rings is 1. The fourth-order valence-corrected chi connectivity index (χ4v) is 1.60. The molecule has 0 spiro atoms. The lowest BCUT2D eigenvalue weighted by molar-refractivity contribution is 0.0692. The molecule has 0 atom stereocenters. The van der Waals surface area contributed by atoms with Gasteiger partial charge in [-0.2, -0.15) is 8.42 Å². The molecular formula is C7H7NO5S. The van der Waals surface area contributed by atoms with Crippen LogP contribution in [-0.4, -0.2) is 24.0 Å². The summed E-state index contributed by atoms with van der Waals surface area (Å²) < 4.78 is 30.1. The van der Waals surface area contributed by atoms with Gasteiger partial charge in [-0.25, -0.2) is 4.79 Å². The van der Waals surface area contributed by atoms with E-state index in [1.165, 1.54) is 6.07 Å². The quantitative estimate of drug-likeness (QED) is 0.481. The molecule has 0 aliphatic rings. The lowest BCUT2D eigenvalue weighted by atomic mass is 10.2. The van der Waals surface area contributed by atoms with E-state index in [2.05, 4.69) is 0 Å². The van der Waals surface area contributed by atoms with Crippen LogP contribution >= 0.6 is 0 Å². The highest BCUT2D eigenvalue weighted by atomic mass is 32.2. The van der Waals surface area contributed by atoms with Crippen molar-refractivity contribution < 1.29 is 22.9 Å². The van der Waals surface area contributed by atoms with E-state index < -0.39 is 26.5 Å². The molecule has 6 nitrogen and oxygen atoms in total. The second kappa shape index (κ2) is 3.28. The van der Waals surface area contributed by atoms with Crippen LogP contribution in [0.3, 0.4) is 0 Å². The largest absolute Gasteiger partial charge is 0.478 e. The number of nitrogen functional groups attached to an aromatic ring is 1. The van der Waals surface area contributed by atoms with Crippen molar-refractivity contribution in [1.82, 2.24) is 0 Å². The second-order valence-corrected chi connectivity index (χ2v) is 3.93. The van der Waals surface area contributed by atoms with E-state index in [0.29, 0.717) is 0 Å². The maximum Gasteiger partial charge on any atom is 0.337 e. The normalized spacial score (nSPS) is 11.2. The Kier molecular flexibility index (Phi) is 2.45. The number of aromatic carboxylic acids is 1. The predicted octanol–water partition coefficient (Wildman–Crippen LogP) is 0.214. The summed E-state index contributed by atoms with van der Waals surface area (Å²) >= 11 is 0. The number of carbonyl (C=O) groups is 1. The number of anilines is 1. The molecule has 0 saturated carbocycles. The van der Waals surface area contributed by atoms with E-state index >= 15 is 0 Å². The van der Waals surface area contributed by atoms with E-state index in [0.717, 1.165) is 12.1 Å². The number of carboxylic acids is 1. The molecule has 0 heterocycles. The highest BCUT2D eigenvalue weighted by molar-refractivity contribution is 7.86. The smallest absolute Gasteiger partial charge is 0.337 e. The zero-order valence-corrected chi connectivity index (χ0v) is 7.65. The predicted molar refractivity (Wildman–Crippen MR) is 47.6 cm³/mol. The van der Waals surface area contributed by atoms with Crippen LogP contribution in [0.15, 0.2) is 23.1 Å². The minimum absolute atomic E-state index is 0.106. The van der Waals surface area contributed by atoms with Gasteiger partial charge in [-0.3, -0.25) is 4.55 Å². The molecule has 1 aromatic carbocycles. The number of hydrogen-bond donors (Lipinski definition) is 3. The van der Waals surface area contributed by atoms with Crippen molar-refractivity contribution in [3.8, 4) is 0 Å². The van der Waals surface area contributed by atoms with Gasteiger partial charge in [0, 0.05) is 5.69 Å². The van der Waals surface area contributed by atoms with Crippen molar-refractivity contribution in [2.24, 2.45) is 0 Å². The van der Waals surface area contributed by atoms with Crippen LogP contribution in [0.25, 0.3) is 0 Å². The third kappa shape index (κ3) is 2.01. The SMILES string of the molecule is Nc1ccc(S(=O)(=O)O)c(C(=O)O)c1. The van der Waals surface area contributed by atoms with Crippen LogP contribution < -0.4 is 5.73 Å². The van der Waals surface area contributed by atoms with Crippen molar-refractivity contribution in [1.29, 1.82) is 0 Å². The number of nitrogens with two attached hydrogens (primary N) is 1. The molecule has 76 valence electrons. The minimum atomic E-state index is -4.53. The van der Waals surface area contributed by atoms with Crippen LogP contribution in [0.4, 0.5) is 5.69 Å². The van der Waals surface area contributed by atoms with Crippen LogP contribution in [-0.2, 0) is 10.1 Å². The first kappa shape index (κ1) is 10.5. The Bertz CT molecular complexity index is 479.